The van der Waals surface area contributed by atoms with Crippen molar-refractivity contribution in [3.05, 3.63) is 34.9 Å². The van der Waals surface area contributed by atoms with Crippen LogP contribution in [0.3, 0.4) is 0 Å². The predicted molar refractivity (Wildman–Crippen MR) is 57.3 cm³/mol. The minimum absolute atomic E-state index is 0.0446. The molecule has 1 fully saturated rings. The molecule has 1 aromatic rings. The van der Waals surface area contributed by atoms with Gasteiger partial charge in [0.05, 0.1) is 19.1 Å². The number of hydrogen-bond donors (Lipinski definition) is 1. The number of halogens is 1. The van der Waals surface area contributed by atoms with Crippen molar-refractivity contribution in [1.82, 2.24) is 0 Å². The number of hydrogen-bond acceptors (Lipinski definition) is 3. The Morgan fingerprint density at radius 2 is 2.38 bits per heavy atom. The van der Waals surface area contributed by atoms with Gasteiger partial charge < -0.3 is 14.6 Å². The molecule has 0 saturated carbocycles. The molecule has 1 heterocycles. The molecule has 0 aliphatic carbocycles. The van der Waals surface area contributed by atoms with Gasteiger partial charge in [-0.15, -0.1) is 0 Å². The van der Waals surface area contributed by atoms with Crippen LogP contribution < -0.4 is 0 Å². The molecule has 2 rings (SSSR count). The van der Waals surface area contributed by atoms with E-state index in [2.05, 4.69) is 0 Å². The predicted octanol–water partition coefficient (Wildman–Crippen LogP) is 2.23. The average molecular weight is 243 g/mol. The number of benzene rings is 1. The van der Waals surface area contributed by atoms with Crippen molar-refractivity contribution in [3.63, 3.8) is 0 Å². The molecule has 1 N–H and O–H groups in total. The molecule has 1 aliphatic rings. The summed E-state index contributed by atoms with van der Waals surface area (Å²) in [4.78, 5) is 10.5. The van der Waals surface area contributed by atoms with Crippen LogP contribution in [0.25, 0.3) is 0 Å². The zero-order valence-corrected chi connectivity index (χ0v) is 9.18. The highest BCUT2D eigenvalue weighted by Gasteiger charge is 2.28. The van der Waals surface area contributed by atoms with E-state index in [9.17, 15) is 4.79 Å². The molecule has 16 heavy (non-hydrogen) atoms. The normalized spacial score (nSPS) is 24.6. The third kappa shape index (κ3) is 2.72. The zero-order valence-electron chi connectivity index (χ0n) is 8.43. The molecule has 4 nitrogen and oxygen atoms in total. The van der Waals surface area contributed by atoms with Crippen molar-refractivity contribution in [1.29, 1.82) is 0 Å². The zero-order chi connectivity index (χ0) is 11.5. The second kappa shape index (κ2) is 4.82. The fourth-order valence-electron chi connectivity index (χ4n) is 1.58. The van der Waals surface area contributed by atoms with Gasteiger partial charge in [0, 0.05) is 10.6 Å². The summed E-state index contributed by atoms with van der Waals surface area (Å²) in [5.74, 6) is -0.889. The lowest BCUT2D eigenvalue weighted by Gasteiger charge is -2.10. The summed E-state index contributed by atoms with van der Waals surface area (Å²) in [5, 5.41) is 9.22. The quantitative estimate of drug-likeness (QED) is 0.883. The lowest BCUT2D eigenvalue weighted by atomic mass is 10.2. The molecule has 2 atom stereocenters. The Balaban J connectivity index is 2.00. The van der Waals surface area contributed by atoms with Crippen molar-refractivity contribution in [2.45, 2.75) is 18.8 Å². The van der Waals surface area contributed by atoms with Gasteiger partial charge in [0.1, 0.15) is 0 Å². The molecule has 1 aromatic carbocycles. The van der Waals surface area contributed by atoms with Gasteiger partial charge >= 0.3 is 5.97 Å². The maximum absolute atomic E-state index is 10.5. The van der Waals surface area contributed by atoms with Gasteiger partial charge in [-0.05, 0) is 12.1 Å². The summed E-state index contributed by atoms with van der Waals surface area (Å²) in [6.45, 7) is 0.295. The molecule has 0 radical (unpaired) electrons. The van der Waals surface area contributed by atoms with E-state index in [1.54, 1.807) is 18.2 Å². The SMILES string of the molecule is O=C(O)CC1COC(c2cccc(Cl)c2)O1. The molecule has 2 unspecified atom stereocenters. The fraction of sp³-hybridized carbons (Fsp3) is 0.364. The van der Waals surface area contributed by atoms with E-state index < -0.39 is 12.3 Å². The maximum Gasteiger partial charge on any atom is 0.306 e. The van der Waals surface area contributed by atoms with Gasteiger partial charge in [-0.1, -0.05) is 23.7 Å². The van der Waals surface area contributed by atoms with Crippen LogP contribution in [0.5, 0.6) is 0 Å². The molecule has 0 bridgehead atoms. The highest BCUT2D eigenvalue weighted by Crippen LogP contribution is 2.29. The third-order valence-corrected chi connectivity index (χ3v) is 2.51. The molecular formula is C11H11ClO4. The highest BCUT2D eigenvalue weighted by molar-refractivity contribution is 6.30. The number of rotatable bonds is 3. The average Bonchev–Trinajstić information content (AvgIpc) is 2.65. The molecule has 0 amide bonds. The Bertz CT molecular complexity index is 393. The van der Waals surface area contributed by atoms with Crippen LogP contribution in [-0.4, -0.2) is 23.8 Å². The summed E-state index contributed by atoms with van der Waals surface area (Å²) in [6.07, 6.45) is -0.943. The van der Waals surface area contributed by atoms with E-state index in [1.165, 1.54) is 0 Å². The van der Waals surface area contributed by atoms with E-state index in [-0.39, 0.29) is 12.5 Å². The first kappa shape index (κ1) is 11.4. The summed E-state index contributed by atoms with van der Waals surface area (Å²) in [7, 11) is 0. The van der Waals surface area contributed by atoms with E-state index in [4.69, 9.17) is 26.2 Å². The first-order chi connectivity index (χ1) is 7.65. The van der Waals surface area contributed by atoms with Gasteiger partial charge in [0.25, 0.3) is 0 Å². The Morgan fingerprint density at radius 1 is 1.56 bits per heavy atom. The molecule has 5 heteroatoms. The third-order valence-electron chi connectivity index (χ3n) is 2.27. The van der Waals surface area contributed by atoms with Crippen molar-refractivity contribution in [3.8, 4) is 0 Å². The van der Waals surface area contributed by atoms with E-state index >= 15 is 0 Å². The second-order valence-electron chi connectivity index (χ2n) is 3.58. The lowest BCUT2D eigenvalue weighted by Crippen LogP contribution is -2.15. The molecule has 1 aliphatic heterocycles. The smallest absolute Gasteiger partial charge is 0.306 e. The summed E-state index contributed by atoms with van der Waals surface area (Å²) >= 11 is 5.84. The van der Waals surface area contributed by atoms with E-state index in [0.29, 0.717) is 11.6 Å². The molecular weight excluding hydrogens is 232 g/mol. The van der Waals surface area contributed by atoms with Gasteiger partial charge in [0.15, 0.2) is 6.29 Å². The number of aliphatic carboxylic acids is 1. The van der Waals surface area contributed by atoms with Gasteiger partial charge in [-0.25, -0.2) is 0 Å². The second-order valence-corrected chi connectivity index (χ2v) is 4.01. The highest BCUT2D eigenvalue weighted by atomic mass is 35.5. The van der Waals surface area contributed by atoms with Crippen molar-refractivity contribution in [2.75, 3.05) is 6.61 Å². The summed E-state index contributed by atoms with van der Waals surface area (Å²) in [6, 6.07) is 7.14. The first-order valence-corrected chi connectivity index (χ1v) is 5.27. The van der Waals surface area contributed by atoms with Crippen molar-refractivity contribution >= 4 is 17.6 Å². The van der Waals surface area contributed by atoms with Crippen LogP contribution in [-0.2, 0) is 14.3 Å². The standard InChI is InChI=1S/C11H11ClO4/c12-8-3-1-2-7(4-8)11-15-6-9(16-11)5-10(13)14/h1-4,9,11H,5-6H2,(H,13,14). The Morgan fingerprint density at radius 3 is 3.06 bits per heavy atom. The van der Waals surface area contributed by atoms with E-state index in [1.807, 2.05) is 6.07 Å². The minimum atomic E-state index is -0.889. The largest absolute Gasteiger partial charge is 0.481 e. The van der Waals surface area contributed by atoms with Crippen LogP contribution in [0.4, 0.5) is 0 Å². The van der Waals surface area contributed by atoms with Crippen LogP contribution in [0, 0.1) is 0 Å². The Hall–Kier alpha value is -1.10. The lowest BCUT2D eigenvalue weighted by molar-refractivity contribution is -0.140. The maximum atomic E-state index is 10.5. The van der Waals surface area contributed by atoms with Crippen LogP contribution in [0.1, 0.15) is 18.3 Å². The van der Waals surface area contributed by atoms with Crippen LogP contribution >= 0.6 is 11.6 Å². The minimum Gasteiger partial charge on any atom is -0.481 e. The van der Waals surface area contributed by atoms with Gasteiger partial charge in [-0.3, -0.25) is 4.79 Å². The van der Waals surface area contributed by atoms with E-state index in [0.717, 1.165) is 5.56 Å². The monoisotopic (exact) mass is 242 g/mol. The topological polar surface area (TPSA) is 55.8 Å². The molecule has 86 valence electrons. The molecule has 0 aromatic heterocycles. The first-order valence-electron chi connectivity index (χ1n) is 4.89. The van der Waals surface area contributed by atoms with Gasteiger partial charge in [-0.2, -0.15) is 0 Å². The van der Waals surface area contributed by atoms with Crippen molar-refractivity contribution < 1.29 is 19.4 Å². The van der Waals surface area contributed by atoms with Crippen LogP contribution in [0.15, 0.2) is 24.3 Å². The number of carbonyl (C=O) groups is 1. The summed E-state index contributed by atoms with van der Waals surface area (Å²) < 4.78 is 10.8. The number of carboxylic acid groups (broad SMARTS) is 1. The number of ether oxygens (including phenoxy) is 2. The Labute approximate surface area is 97.7 Å². The number of carboxylic acids is 1. The van der Waals surface area contributed by atoms with Crippen LogP contribution in [0.2, 0.25) is 5.02 Å². The Kier molecular flexibility index (Phi) is 3.43. The fourth-order valence-corrected chi connectivity index (χ4v) is 1.78. The van der Waals surface area contributed by atoms with Crippen molar-refractivity contribution in [2.24, 2.45) is 0 Å². The summed E-state index contributed by atoms with van der Waals surface area (Å²) in [5.41, 5.74) is 0.806. The molecule has 1 saturated heterocycles. The molecule has 0 spiro atoms. The van der Waals surface area contributed by atoms with Gasteiger partial charge in [0.2, 0.25) is 0 Å².